The summed E-state index contributed by atoms with van der Waals surface area (Å²) in [4.78, 5) is 142. The molecule has 2 aromatic carbocycles. The molecule has 4 aliphatic heterocycles. The number of carbonyl (C=O) groups excluding carboxylic acids is 10. The van der Waals surface area contributed by atoms with Gasteiger partial charge in [-0.3, -0.25) is 29.0 Å². The summed E-state index contributed by atoms with van der Waals surface area (Å²) in [6, 6.07) is 4.96. The van der Waals surface area contributed by atoms with Crippen LogP contribution >= 0.6 is 0 Å². The van der Waals surface area contributed by atoms with Gasteiger partial charge in [0.15, 0.2) is 0 Å². The summed E-state index contributed by atoms with van der Waals surface area (Å²) in [5.74, 6) is -4.94. The number of halogens is 2. The Morgan fingerprint density at radius 3 is 1.36 bits per heavy atom. The lowest BCUT2D eigenvalue weighted by molar-refractivity contribution is -0.158. The van der Waals surface area contributed by atoms with E-state index in [1.807, 2.05) is 12.2 Å². The summed E-state index contributed by atoms with van der Waals surface area (Å²) in [5.41, 5.74) is -2.05. The molecule has 4 fully saturated rings. The number of carbonyl (C=O) groups is 10. The van der Waals surface area contributed by atoms with Crippen molar-refractivity contribution >= 4 is 59.9 Å². The van der Waals surface area contributed by atoms with Gasteiger partial charge in [-0.1, -0.05) is 74.3 Å². The molecular weight excluding hydrogens is 1380 g/mol. The second kappa shape index (κ2) is 43.1. The molecule has 2 saturated carbocycles. The van der Waals surface area contributed by atoms with Crippen molar-refractivity contribution in [2.45, 2.75) is 230 Å². The number of nitrogens with one attached hydrogen (secondary N) is 3. The molecule has 2 aromatic rings. The Morgan fingerprint density at radius 1 is 0.570 bits per heavy atom. The van der Waals surface area contributed by atoms with E-state index >= 15 is 0 Å². The molecule has 24 nitrogen and oxygen atoms in total. The van der Waals surface area contributed by atoms with E-state index in [2.05, 4.69) is 94.9 Å². The Morgan fingerprint density at radius 2 is 0.981 bits per heavy atom. The standard InChI is InChI=1S/C37H51FN4O8.C36H49FN4O8.4C2H4/c1-8-11-12-13-14-18-29(39-34(46)50-36(4,5)6)31(43)42-22-26(49-35(47)41-21-24-16-15-17-28(38)27(24)23-41)19-30(42)32(44)40(7)37(20-25(37)9-2)33(45)48-10-3;1-7-10-11-12-13-17-28(38-33(45)49-35(4,5)6)31(43)41-21-25(48-34(46)40-20-23-15-14-16-27(37)26(23)22-40)18-29(41)30(42)39-36(19-24(36)8-2)32(44)47-9-3;4*1-2/h8-9,15-17,25-26,29-30H,1-2,10-14,18-23H2,3-7H3,(H,39,46);7-8,14-16,24-25,28-29H,1-2,9-13,17-22H2,3-6H3,(H,38,45)(H,39,42);4*1-2H2/t25-,26-,29+,30+,37-;24-,25-,28+,29+,36-;;;;/m11..../s1. The SMILES string of the molecule is C=C.C=C.C=C.C=C.C=CCCCCC[C@H](NC(=O)OC(C)(C)C)C(=O)N1C[C@H](OC(=O)N2Cc3cccc(F)c3C2)C[C@H]1C(=O)N(C)[C@]1(C(=O)OCC)C[C@H]1C=C.C=CCCCCC[C@H](NC(=O)OC(C)(C)C)C(=O)N1C[C@H](OC(=O)N2Cc3cccc(F)c3C2)C[C@H]1C(=O)N[C@]1(C(=O)OCC)C[C@H]1C=C. The van der Waals surface area contributed by atoms with E-state index in [4.69, 9.17) is 28.4 Å². The van der Waals surface area contributed by atoms with Crippen molar-refractivity contribution in [3.05, 3.63) is 174 Å². The summed E-state index contributed by atoms with van der Waals surface area (Å²) in [7, 11) is 1.50. The minimum absolute atomic E-state index is 0.0266. The smallest absolute Gasteiger partial charge is 0.410 e. The second-order valence-electron chi connectivity index (χ2n) is 28.0. The van der Waals surface area contributed by atoms with E-state index in [0.717, 1.165) is 38.5 Å². The molecule has 0 aromatic heterocycles. The van der Waals surface area contributed by atoms with Crippen LogP contribution in [0.5, 0.6) is 0 Å². The molecular formula is C81H116F2N8O16. The summed E-state index contributed by atoms with van der Waals surface area (Å²) < 4.78 is 61.9. The predicted molar refractivity (Wildman–Crippen MR) is 406 cm³/mol. The average molecular weight is 1500 g/mol. The van der Waals surface area contributed by atoms with Crippen LogP contribution in [0.2, 0.25) is 0 Å². The van der Waals surface area contributed by atoms with E-state index < -0.39 is 130 Å². The number of hydrogen-bond acceptors (Lipinski definition) is 16. The van der Waals surface area contributed by atoms with E-state index in [0.29, 0.717) is 47.9 Å². The number of rotatable bonds is 28. The lowest BCUT2D eigenvalue weighted by atomic mass is 10.0. The van der Waals surface area contributed by atoms with Crippen molar-refractivity contribution in [1.82, 2.24) is 40.4 Å². The minimum Gasteiger partial charge on any atom is -0.464 e. The maximum absolute atomic E-state index is 14.4. The largest absolute Gasteiger partial charge is 0.464 e. The monoisotopic (exact) mass is 1490 g/mol. The van der Waals surface area contributed by atoms with Crippen LogP contribution in [0.1, 0.15) is 168 Å². The highest BCUT2D eigenvalue weighted by molar-refractivity contribution is 5.98. The highest BCUT2D eigenvalue weighted by Gasteiger charge is 2.66. The maximum atomic E-state index is 14.4. The number of amides is 8. The van der Waals surface area contributed by atoms with Crippen LogP contribution in [-0.2, 0) is 83.4 Å². The molecule has 8 rings (SSSR count). The van der Waals surface area contributed by atoms with E-state index in [-0.39, 0.29) is 90.0 Å². The highest BCUT2D eigenvalue weighted by atomic mass is 19.1. The lowest BCUT2D eigenvalue weighted by Crippen LogP contribution is -2.57. The highest BCUT2D eigenvalue weighted by Crippen LogP contribution is 2.51. The number of allylic oxidation sites excluding steroid dienone is 2. The Bertz CT molecular complexity index is 3420. The van der Waals surface area contributed by atoms with Crippen molar-refractivity contribution in [2.24, 2.45) is 11.8 Å². The van der Waals surface area contributed by atoms with Crippen molar-refractivity contribution in [3.8, 4) is 0 Å². The molecule has 8 amide bonds. The van der Waals surface area contributed by atoms with E-state index in [1.165, 1.54) is 43.7 Å². The third-order valence-corrected chi connectivity index (χ3v) is 18.5. The van der Waals surface area contributed by atoms with Gasteiger partial charge in [0.05, 0.1) is 39.4 Å². The second-order valence-corrected chi connectivity index (χ2v) is 28.0. The van der Waals surface area contributed by atoms with Crippen molar-refractivity contribution in [3.63, 3.8) is 0 Å². The van der Waals surface area contributed by atoms with Crippen LogP contribution in [-0.4, -0.2) is 176 Å². The van der Waals surface area contributed by atoms with Crippen LogP contribution in [0, 0.1) is 23.5 Å². The average Bonchev–Trinajstić information content (AvgIpc) is 1.56. The molecule has 0 unspecified atom stereocenters. The van der Waals surface area contributed by atoms with Gasteiger partial charge in [-0.2, -0.15) is 0 Å². The lowest BCUT2D eigenvalue weighted by Gasteiger charge is -2.34. The molecule has 4 heterocycles. The number of unbranched alkanes of at least 4 members (excludes halogenated alkanes) is 6. The fourth-order valence-corrected chi connectivity index (χ4v) is 13.2. The van der Waals surface area contributed by atoms with Gasteiger partial charge in [0.25, 0.3) is 0 Å². The molecule has 2 aliphatic carbocycles. The summed E-state index contributed by atoms with van der Waals surface area (Å²) in [6.07, 6.45) is 9.15. The molecule has 6 aliphatic rings. The Hall–Kier alpha value is -9.88. The Balaban J connectivity index is 0.000000508. The first-order valence-electron chi connectivity index (χ1n) is 36.3. The molecule has 0 radical (unpaired) electrons. The molecule has 3 N–H and O–H groups in total. The Labute approximate surface area is 631 Å². The third-order valence-electron chi connectivity index (χ3n) is 18.5. The first kappa shape index (κ1) is 91.3. The molecule has 107 heavy (non-hydrogen) atoms. The number of likely N-dealkylation sites (tertiary alicyclic amines) is 2. The molecule has 0 spiro atoms. The Kier molecular flexibility index (Phi) is 36.8. The number of benzene rings is 2. The number of alkyl carbamates (subject to hydrolysis) is 2. The van der Waals surface area contributed by atoms with E-state index in [1.54, 1.807) is 91.8 Å². The van der Waals surface area contributed by atoms with Crippen molar-refractivity contribution in [1.29, 1.82) is 0 Å². The van der Waals surface area contributed by atoms with Crippen molar-refractivity contribution in [2.75, 3.05) is 33.4 Å². The summed E-state index contributed by atoms with van der Waals surface area (Å²) >= 11 is 0. The summed E-state index contributed by atoms with van der Waals surface area (Å²) in [5, 5.41) is 8.20. The predicted octanol–water partition coefficient (Wildman–Crippen LogP) is 13.4. The van der Waals surface area contributed by atoms with E-state index in [9.17, 15) is 56.7 Å². The number of ether oxygens (including phenoxy) is 6. The van der Waals surface area contributed by atoms with Gasteiger partial charge in [0.2, 0.25) is 23.6 Å². The topological polar surface area (TPSA) is 278 Å². The van der Waals surface area contributed by atoms with Gasteiger partial charge < -0.3 is 59.1 Å². The van der Waals surface area contributed by atoms with Crippen LogP contribution in [0.15, 0.2) is 140 Å². The number of hydrogen-bond donors (Lipinski definition) is 3. The van der Waals surface area contributed by atoms with Crippen LogP contribution in [0.25, 0.3) is 0 Å². The van der Waals surface area contributed by atoms with Crippen LogP contribution < -0.4 is 16.0 Å². The van der Waals surface area contributed by atoms with Gasteiger partial charge in [-0.05, 0) is 130 Å². The number of nitrogens with zero attached hydrogens (tertiary/aromatic N) is 5. The quantitative estimate of drug-likeness (QED) is 0.0309. The number of fused-ring (bicyclic) bond motifs is 2. The number of likely N-dealkylation sites (N-methyl/N-ethyl adjacent to an activating group) is 1. The minimum atomic E-state index is -1.32. The van der Waals surface area contributed by atoms with Gasteiger partial charge >= 0.3 is 36.3 Å². The zero-order valence-electron chi connectivity index (χ0n) is 64.5. The molecule has 590 valence electrons. The normalized spacial score (nSPS) is 21.5. The van der Waals surface area contributed by atoms with Crippen LogP contribution in [0.4, 0.5) is 28.0 Å². The van der Waals surface area contributed by atoms with Gasteiger partial charge in [0.1, 0.15) is 70.3 Å². The molecule has 0 bridgehead atoms. The van der Waals surface area contributed by atoms with Crippen molar-refractivity contribution < 1.29 is 85.1 Å². The molecule has 10 atom stereocenters. The molecule has 2 saturated heterocycles. The zero-order chi connectivity index (χ0) is 80.7. The zero-order valence-corrected chi connectivity index (χ0v) is 64.5. The summed E-state index contributed by atoms with van der Waals surface area (Å²) in [6.45, 7) is 53.0. The number of esters is 2. The van der Waals surface area contributed by atoms with Gasteiger partial charge in [0, 0.05) is 55.9 Å². The maximum Gasteiger partial charge on any atom is 0.410 e. The fraction of sp³-hybridized carbons (Fsp3) is 0.531. The molecule has 26 heteroatoms. The fourth-order valence-electron chi connectivity index (χ4n) is 13.2. The van der Waals surface area contributed by atoms with Gasteiger partial charge in [-0.25, -0.2) is 37.5 Å². The van der Waals surface area contributed by atoms with Crippen LogP contribution in [0.3, 0.4) is 0 Å². The third kappa shape index (κ3) is 24.8. The first-order valence-corrected chi connectivity index (χ1v) is 36.3. The van der Waals surface area contributed by atoms with Gasteiger partial charge in [-0.15, -0.1) is 78.9 Å². The first-order chi connectivity index (χ1) is 50.9.